The van der Waals surface area contributed by atoms with Gasteiger partial charge in [-0.25, -0.2) is 0 Å². The van der Waals surface area contributed by atoms with E-state index in [9.17, 15) is 20.0 Å². The van der Waals surface area contributed by atoms with Gasteiger partial charge in [0.05, 0.1) is 23.2 Å². The first kappa shape index (κ1) is 19.5. The van der Waals surface area contributed by atoms with Crippen molar-refractivity contribution in [3.8, 4) is 11.5 Å². The molecule has 3 rings (SSSR count). The van der Waals surface area contributed by atoms with Gasteiger partial charge in [-0.2, -0.15) is 10.1 Å². The number of amides is 1. The Balaban J connectivity index is 1.78. The zero-order valence-electron chi connectivity index (χ0n) is 14.4. The Bertz CT molecular complexity index is 1020. The number of non-ortho nitro benzene ring substituents is 1. The Hall–Kier alpha value is -3.24. The van der Waals surface area contributed by atoms with E-state index in [0.29, 0.717) is 21.8 Å². The third-order valence-electron chi connectivity index (χ3n) is 3.70. The fraction of sp³-hybridized carbons (Fsp3) is 0.0556. The third-order valence-corrected chi connectivity index (χ3v) is 4.98. The second-order valence-electron chi connectivity index (χ2n) is 5.52. The van der Waals surface area contributed by atoms with Crippen molar-refractivity contribution < 1.29 is 19.6 Å². The van der Waals surface area contributed by atoms with Gasteiger partial charge < -0.3 is 9.84 Å². The molecule has 0 bridgehead atoms. The van der Waals surface area contributed by atoms with Crippen LogP contribution >= 0.6 is 24.0 Å². The summed E-state index contributed by atoms with van der Waals surface area (Å²) in [4.78, 5) is 23.1. The molecular formula is C18H13N3O5S2. The van der Waals surface area contributed by atoms with Crippen molar-refractivity contribution in [2.75, 3.05) is 7.11 Å². The van der Waals surface area contributed by atoms with Gasteiger partial charge in [0, 0.05) is 12.1 Å². The minimum Gasteiger partial charge on any atom is -0.504 e. The molecule has 142 valence electrons. The Morgan fingerprint density at radius 2 is 1.93 bits per heavy atom. The molecule has 8 nitrogen and oxygen atoms in total. The number of phenols is 1. The average molecular weight is 415 g/mol. The van der Waals surface area contributed by atoms with Gasteiger partial charge in [0.2, 0.25) is 0 Å². The maximum atomic E-state index is 12.6. The topological polar surface area (TPSA) is 105 Å². The van der Waals surface area contributed by atoms with E-state index in [0.717, 1.165) is 16.8 Å². The highest BCUT2D eigenvalue weighted by atomic mass is 32.2. The fourth-order valence-corrected chi connectivity index (χ4v) is 3.47. The lowest BCUT2D eigenvalue weighted by molar-refractivity contribution is -0.384. The van der Waals surface area contributed by atoms with E-state index >= 15 is 0 Å². The molecule has 2 aromatic rings. The molecule has 1 heterocycles. The summed E-state index contributed by atoms with van der Waals surface area (Å²) in [5, 5.41) is 25.5. The number of hydrazone groups is 1. The molecule has 0 radical (unpaired) electrons. The van der Waals surface area contributed by atoms with E-state index in [2.05, 4.69) is 5.10 Å². The quantitative estimate of drug-likeness (QED) is 0.262. The number of nitro benzene ring substituents is 1. The zero-order chi connectivity index (χ0) is 20.3. The molecule has 1 aliphatic heterocycles. The molecule has 0 unspecified atom stereocenters. The summed E-state index contributed by atoms with van der Waals surface area (Å²) in [7, 11) is 1.44. The fourth-order valence-electron chi connectivity index (χ4n) is 2.30. The molecule has 2 aromatic carbocycles. The molecule has 0 spiro atoms. The molecule has 1 N–H and O–H groups in total. The summed E-state index contributed by atoms with van der Waals surface area (Å²) in [5.74, 6) is -0.0967. The number of hydrogen-bond acceptors (Lipinski definition) is 8. The van der Waals surface area contributed by atoms with E-state index in [1.807, 2.05) is 0 Å². The third kappa shape index (κ3) is 4.18. The van der Waals surface area contributed by atoms with Crippen LogP contribution in [0.4, 0.5) is 5.69 Å². The number of nitrogens with zero attached hydrogens (tertiary/aromatic N) is 3. The monoisotopic (exact) mass is 415 g/mol. The number of aromatic hydroxyl groups is 1. The summed E-state index contributed by atoms with van der Waals surface area (Å²) < 4.78 is 5.32. The highest BCUT2D eigenvalue weighted by molar-refractivity contribution is 8.26. The van der Waals surface area contributed by atoms with E-state index in [1.54, 1.807) is 18.2 Å². The number of hydrogen-bond donors (Lipinski definition) is 1. The molecule has 1 amide bonds. The van der Waals surface area contributed by atoms with Crippen molar-refractivity contribution in [3.63, 3.8) is 0 Å². The smallest absolute Gasteiger partial charge is 0.286 e. The maximum Gasteiger partial charge on any atom is 0.286 e. The van der Waals surface area contributed by atoms with Crippen LogP contribution in [-0.4, -0.2) is 38.6 Å². The number of nitro groups is 1. The number of carbonyl (C=O) groups is 1. The molecule has 0 saturated carbocycles. The summed E-state index contributed by atoms with van der Waals surface area (Å²) in [5.41, 5.74) is 1.22. The predicted molar refractivity (Wildman–Crippen MR) is 110 cm³/mol. The van der Waals surface area contributed by atoms with Crippen LogP contribution in [0, 0.1) is 10.1 Å². The highest BCUT2D eigenvalue weighted by Gasteiger charge is 2.32. The maximum absolute atomic E-state index is 12.6. The normalized spacial score (nSPS) is 15.6. The van der Waals surface area contributed by atoms with Gasteiger partial charge in [0.1, 0.15) is 0 Å². The second-order valence-corrected chi connectivity index (χ2v) is 7.19. The first-order chi connectivity index (χ1) is 13.4. The molecule has 1 aliphatic rings. The zero-order valence-corrected chi connectivity index (χ0v) is 16.1. The molecule has 1 fully saturated rings. The van der Waals surface area contributed by atoms with E-state index in [4.69, 9.17) is 17.0 Å². The summed E-state index contributed by atoms with van der Waals surface area (Å²) in [6, 6.07) is 10.5. The number of methoxy groups -OCH3 is 1. The highest BCUT2D eigenvalue weighted by Crippen LogP contribution is 2.34. The Morgan fingerprint density at radius 1 is 1.25 bits per heavy atom. The van der Waals surface area contributed by atoms with Crippen LogP contribution in [0.15, 0.2) is 52.5 Å². The van der Waals surface area contributed by atoms with E-state index in [-0.39, 0.29) is 21.7 Å². The lowest BCUT2D eigenvalue weighted by atomic mass is 10.2. The number of carbonyl (C=O) groups excluding carboxylic acids is 1. The lowest BCUT2D eigenvalue weighted by Gasteiger charge is -2.06. The van der Waals surface area contributed by atoms with Gasteiger partial charge in [0.25, 0.3) is 11.6 Å². The van der Waals surface area contributed by atoms with Crippen molar-refractivity contribution in [3.05, 3.63) is 68.6 Å². The second kappa shape index (κ2) is 8.19. The minimum absolute atomic E-state index is 0.0000956. The standard InChI is InChI=1S/C18H13N3O5S2/c1-26-15-8-12(4-7-14(15)22)9-16-17(23)20(18(27)28-16)19-10-11-2-5-13(6-3-11)21(24)25/h2-10,22H,1H3/b16-9+,19-10+. The number of rotatable bonds is 5. The molecule has 0 aromatic heterocycles. The first-order valence-corrected chi connectivity index (χ1v) is 9.05. The van der Waals surface area contributed by atoms with Crippen LogP contribution in [-0.2, 0) is 4.79 Å². The van der Waals surface area contributed by atoms with Crippen LogP contribution in [0.3, 0.4) is 0 Å². The minimum atomic E-state index is -0.494. The SMILES string of the molecule is COc1cc(/C=C2/SC(=S)N(/N=C/c3ccc([N+](=O)[O-])cc3)C2=O)ccc1O. The number of thiocarbonyl (C=S) groups is 1. The van der Waals surface area contributed by atoms with E-state index in [1.165, 1.54) is 43.7 Å². The van der Waals surface area contributed by atoms with Crippen LogP contribution in [0.2, 0.25) is 0 Å². The predicted octanol–water partition coefficient (Wildman–Crippen LogP) is 3.54. The van der Waals surface area contributed by atoms with Gasteiger partial charge in [-0.05, 0) is 53.7 Å². The number of phenolic OH excluding ortho intramolecular Hbond substituents is 1. The number of ether oxygens (including phenoxy) is 1. The van der Waals surface area contributed by atoms with Gasteiger partial charge in [0.15, 0.2) is 15.8 Å². The number of benzene rings is 2. The Kier molecular flexibility index (Phi) is 5.71. The van der Waals surface area contributed by atoms with Crippen molar-refractivity contribution >= 4 is 52.2 Å². The molecule has 0 atom stereocenters. The molecule has 10 heteroatoms. The van der Waals surface area contributed by atoms with Gasteiger partial charge in [-0.3, -0.25) is 14.9 Å². The van der Waals surface area contributed by atoms with E-state index < -0.39 is 4.92 Å². The van der Waals surface area contributed by atoms with Crippen LogP contribution in [0.5, 0.6) is 11.5 Å². The van der Waals surface area contributed by atoms with Crippen LogP contribution in [0.1, 0.15) is 11.1 Å². The summed E-state index contributed by atoms with van der Waals surface area (Å²) >= 11 is 6.31. The van der Waals surface area contributed by atoms with Crippen LogP contribution < -0.4 is 4.74 Å². The molecule has 1 saturated heterocycles. The van der Waals surface area contributed by atoms with Gasteiger partial charge in [-0.15, -0.1) is 0 Å². The van der Waals surface area contributed by atoms with Crippen molar-refractivity contribution in [1.29, 1.82) is 0 Å². The van der Waals surface area contributed by atoms with Crippen LogP contribution in [0.25, 0.3) is 6.08 Å². The Morgan fingerprint density at radius 3 is 2.57 bits per heavy atom. The first-order valence-electron chi connectivity index (χ1n) is 7.82. The van der Waals surface area contributed by atoms with Crippen molar-refractivity contribution in [2.45, 2.75) is 0 Å². The van der Waals surface area contributed by atoms with Gasteiger partial charge >= 0.3 is 0 Å². The van der Waals surface area contributed by atoms with Gasteiger partial charge in [-0.1, -0.05) is 17.8 Å². The molecular weight excluding hydrogens is 402 g/mol. The number of thioether (sulfide) groups is 1. The van der Waals surface area contributed by atoms with Crippen molar-refractivity contribution in [2.24, 2.45) is 5.10 Å². The van der Waals surface area contributed by atoms with Crippen molar-refractivity contribution in [1.82, 2.24) is 5.01 Å². The summed E-state index contributed by atoms with van der Waals surface area (Å²) in [6.45, 7) is 0. The lowest BCUT2D eigenvalue weighted by Crippen LogP contribution is -2.22. The molecule has 0 aliphatic carbocycles. The average Bonchev–Trinajstić information content (AvgIpc) is 2.94. The Labute approximate surface area is 169 Å². The largest absolute Gasteiger partial charge is 0.504 e. The molecule has 28 heavy (non-hydrogen) atoms. The summed E-state index contributed by atoms with van der Waals surface area (Å²) in [6.07, 6.45) is 3.03.